The molecule has 1 unspecified atom stereocenters. The van der Waals surface area contributed by atoms with Crippen molar-refractivity contribution in [2.24, 2.45) is 7.05 Å². The van der Waals surface area contributed by atoms with Crippen LogP contribution in [0.15, 0.2) is 48.8 Å². The lowest BCUT2D eigenvalue weighted by molar-refractivity contribution is 0.634. The maximum absolute atomic E-state index is 4.47. The zero-order valence-electron chi connectivity index (χ0n) is 12.5. The molecular weight excluding hydrogens is 262 g/mol. The molecule has 1 aromatic carbocycles. The van der Waals surface area contributed by atoms with Crippen molar-refractivity contribution >= 4 is 0 Å². The number of hydrogen-bond donors (Lipinski definition) is 1. The molecule has 0 radical (unpaired) electrons. The van der Waals surface area contributed by atoms with E-state index in [-0.39, 0.29) is 6.04 Å². The molecule has 21 heavy (non-hydrogen) atoms. The fourth-order valence-corrected chi connectivity index (χ4v) is 2.68. The zero-order valence-corrected chi connectivity index (χ0v) is 12.5. The molecule has 3 rings (SSSR count). The van der Waals surface area contributed by atoms with Crippen molar-refractivity contribution in [3.05, 3.63) is 65.7 Å². The molecule has 5 nitrogen and oxygen atoms in total. The van der Waals surface area contributed by atoms with Crippen molar-refractivity contribution in [2.75, 3.05) is 7.05 Å². The summed E-state index contributed by atoms with van der Waals surface area (Å²) in [5.41, 5.74) is 4.34. The fourth-order valence-electron chi connectivity index (χ4n) is 2.68. The van der Waals surface area contributed by atoms with E-state index in [9.17, 15) is 0 Å². The molecule has 0 amide bonds. The minimum absolute atomic E-state index is 0.0569. The van der Waals surface area contributed by atoms with Gasteiger partial charge in [0.15, 0.2) is 0 Å². The molecule has 0 aliphatic heterocycles. The Bertz CT molecular complexity index is 726. The zero-order chi connectivity index (χ0) is 14.8. The monoisotopic (exact) mass is 281 g/mol. The lowest BCUT2D eigenvalue weighted by atomic mass is 10.0. The molecule has 0 saturated carbocycles. The highest BCUT2D eigenvalue weighted by Crippen LogP contribution is 2.25. The van der Waals surface area contributed by atoms with Crippen molar-refractivity contribution in [3.63, 3.8) is 0 Å². The topological polar surface area (TPSA) is 47.7 Å². The first-order valence-electron chi connectivity index (χ1n) is 6.97. The normalized spacial score (nSPS) is 12.5. The summed E-state index contributed by atoms with van der Waals surface area (Å²) in [6.07, 6.45) is 3.89. The third-order valence-corrected chi connectivity index (χ3v) is 3.62. The van der Waals surface area contributed by atoms with E-state index in [1.165, 1.54) is 0 Å². The number of nitrogens with zero attached hydrogens (tertiary/aromatic N) is 4. The van der Waals surface area contributed by atoms with Crippen LogP contribution < -0.4 is 5.32 Å². The van der Waals surface area contributed by atoms with Crippen LogP contribution in [-0.2, 0) is 7.05 Å². The number of aromatic nitrogens is 4. The van der Waals surface area contributed by atoms with E-state index in [2.05, 4.69) is 33.8 Å². The molecule has 0 aliphatic rings. The van der Waals surface area contributed by atoms with Crippen LogP contribution in [0.3, 0.4) is 0 Å². The van der Waals surface area contributed by atoms with Crippen molar-refractivity contribution in [2.45, 2.75) is 13.0 Å². The Balaban J connectivity index is 2.07. The number of benzene rings is 1. The van der Waals surface area contributed by atoms with Crippen LogP contribution in [0, 0.1) is 6.92 Å². The third-order valence-electron chi connectivity index (χ3n) is 3.62. The van der Waals surface area contributed by atoms with Gasteiger partial charge in [0.2, 0.25) is 0 Å². The van der Waals surface area contributed by atoms with E-state index in [1.807, 2.05) is 60.8 Å². The first-order chi connectivity index (χ1) is 10.2. The van der Waals surface area contributed by atoms with Gasteiger partial charge in [0.05, 0.1) is 23.1 Å². The van der Waals surface area contributed by atoms with Crippen molar-refractivity contribution in [3.8, 4) is 5.69 Å². The van der Waals surface area contributed by atoms with E-state index < -0.39 is 0 Å². The second kappa shape index (κ2) is 5.54. The maximum atomic E-state index is 4.47. The van der Waals surface area contributed by atoms with Crippen LogP contribution in [0.2, 0.25) is 0 Å². The smallest absolute Gasteiger partial charge is 0.0783 e. The highest BCUT2D eigenvalue weighted by molar-refractivity contribution is 5.36. The molecule has 0 bridgehead atoms. The largest absolute Gasteiger partial charge is 0.308 e. The summed E-state index contributed by atoms with van der Waals surface area (Å²) >= 11 is 0. The minimum Gasteiger partial charge on any atom is -0.308 e. The van der Waals surface area contributed by atoms with Crippen LogP contribution >= 0.6 is 0 Å². The van der Waals surface area contributed by atoms with E-state index in [1.54, 1.807) is 0 Å². The summed E-state index contributed by atoms with van der Waals surface area (Å²) in [5.74, 6) is 0. The second-order valence-electron chi connectivity index (χ2n) is 5.07. The Kier molecular flexibility index (Phi) is 3.58. The second-order valence-corrected chi connectivity index (χ2v) is 5.07. The van der Waals surface area contributed by atoms with Gasteiger partial charge in [-0.2, -0.15) is 10.2 Å². The summed E-state index contributed by atoms with van der Waals surface area (Å²) in [7, 11) is 3.90. The van der Waals surface area contributed by atoms with E-state index in [4.69, 9.17) is 0 Å². The van der Waals surface area contributed by atoms with E-state index in [0.717, 1.165) is 22.6 Å². The SMILES string of the molecule is CNC(c1cn(C)nc1C)c1ccnn1-c1ccccc1. The molecule has 108 valence electrons. The average Bonchev–Trinajstić information content (AvgIpc) is 3.09. The Morgan fingerprint density at radius 3 is 2.52 bits per heavy atom. The Morgan fingerprint density at radius 2 is 1.90 bits per heavy atom. The van der Waals surface area contributed by atoms with Crippen LogP contribution in [0.5, 0.6) is 0 Å². The minimum atomic E-state index is 0.0569. The molecule has 1 atom stereocenters. The van der Waals surface area contributed by atoms with Gasteiger partial charge in [-0.3, -0.25) is 4.68 Å². The lowest BCUT2D eigenvalue weighted by Gasteiger charge is -2.17. The summed E-state index contributed by atoms with van der Waals surface area (Å²) in [4.78, 5) is 0. The van der Waals surface area contributed by atoms with E-state index >= 15 is 0 Å². The van der Waals surface area contributed by atoms with Crippen molar-refractivity contribution in [1.82, 2.24) is 24.9 Å². The number of aryl methyl sites for hydroxylation is 2. The fraction of sp³-hybridized carbons (Fsp3) is 0.250. The maximum Gasteiger partial charge on any atom is 0.0783 e. The van der Waals surface area contributed by atoms with Crippen LogP contribution in [0.1, 0.15) is 23.0 Å². The molecule has 0 saturated heterocycles. The van der Waals surface area contributed by atoms with Crippen LogP contribution in [0.4, 0.5) is 0 Å². The van der Waals surface area contributed by atoms with Gasteiger partial charge in [-0.15, -0.1) is 0 Å². The molecule has 0 aliphatic carbocycles. The number of para-hydroxylation sites is 1. The highest BCUT2D eigenvalue weighted by Gasteiger charge is 2.21. The van der Waals surface area contributed by atoms with Gasteiger partial charge in [-0.05, 0) is 32.2 Å². The standard InChI is InChI=1S/C16H19N5/c1-12-14(11-20(3)19-12)16(17-2)15-9-10-18-21(15)13-7-5-4-6-8-13/h4-11,16-17H,1-3H3. The predicted octanol–water partition coefficient (Wildman–Crippen LogP) is 2.22. The predicted molar refractivity (Wildman–Crippen MR) is 82.4 cm³/mol. The Hall–Kier alpha value is -2.40. The lowest BCUT2D eigenvalue weighted by Crippen LogP contribution is -2.21. The molecule has 0 spiro atoms. The van der Waals surface area contributed by atoms with Crippen LogP contribution in [-0.4, -0.2) is 26.6 Å². The molecule has 5 heteroatoms. The van der Waals surface area contributed by atoms with E-state index in [0.29, 0.717) is 0 Å². The average molecular weight is 281 g/mol. The Labute approximate surface area is 124 Å². The number of hydrogen-bond acceptors (Lipinski definition) is 3. The Morgan fingerprint density at radius 1 is 1.14 bits per heavy atom. The molecule has 2 aromatic heterocycles. The molecular formula is C16H19N5. The molecule has 1 N–H and O–H groups in total. The summed E-state index contributed by atoms with van der Waals surface area (Å²) < 4.78 is 3.81. The third kappa shape index (κ3) is 2.48. The quantitative estimate of drug-likeness (QED) is 0.797. The number of rotatable bonds is 4. The summed E-state index contributed by atoms with van der Waals surface area (Å²) in [5, 5.41) is 12.3. The molecule has 3 aromatic rings. The van der Waals surface area contributed by atoms with Crippen LogP contribution in [0.25, 0.3) is 5.69 Å². The van der Waals surface area contributed by atoms with Gasteiger partial charge in [0.1, 0.15) is 0 Å². The van der Waals surface area contributed by atoms with Gasteiger partial charge in [-0.25, -0.2) is 4.68 Å². The number of nitrogens with one attached hydrogen (secondary N) is 1. The van der Waals surface area contributed by atoms with Gasteiger partial charge in [-0.1, -0.05) is 18.2 Å². The summed E-state index contributed by atoms with van der Waals surface area (Å²) in [6, 6.07) is 12.3. The molecule has 0 fully saturated rings. The van der Waals surface area contributed by atoms with Gasteiger partial charge in [0, 0.05) is 25.0 Å². The summed E-state index contributed by atoms with van der Waals surface area (Å²) in [6.45, 7) is 2.03. The van der Waals surface area contributed by atoms with Crippen molar-refractivity contribution in [1.29, 1.82) is 0 Å². The van der Waals surface area contributed by atoms with Crippen molar-refractivity contribution < 1.29 is 0 Å². The van der Waals surface area contributed by atoms with Gasteiger partial charge in [0.25, 0.3) is 0 Å². The van der Waals surface area contributed by atoms with Gasteiger partial charge >= 0.3 is 0 Å². The van der Waals surface area contributed by atoms with Gasteiger partial charge < -0.3 is 5.32 Å². The first-order valence-corrected chi connectivity index (χ1v) is 6.97. The highest BCUT2D eigenvalue weighted by atomic mass is 15.3. The first kappa shape index (κ1) is 13.6. The molecule has 2 heterocycles.